The number of carboxylic acid groups (broad SMARTS) is 1. The molecule has 8 heteroatoms. The number of halogens is 2. The van der Waals surface area contributed by atoms with Crippen molar-refractivity contribution in [2.45, 2.75) is 18.7 Å². The van der Waals surface area contributed by atoms with Crippen LogP contribution in [0.4, 0.5) is 0 Å². The van der Waals surface area contributed by atoms with E-state index < -0.39 is 16.0 Å². The van der Waals surface area contributed by atoms with Gasteiger partial charge in [0.15, 0.2) is 0 Å². The van der Waals surface area contributed by atoms with Crippen molar-refractivity contribution >= 4 is 43.5 Å². The Kier molecular flexibility index (Phi) is 5.60. The number of sulfonamides is 1. The minimum Gasteiger partial charge on any atom is -0.478 e. The average molecular weight is 385 g/mol. The highest BCUT2D eigenvalue weighted by molar-refractivity contribution is 9.10. The molecule has 0 bridgehead atoms. The quantitative estimate of drug-likeness (QED) is 0.846. The van der Waals surface area contributed by atoms with E-state index in [-0.39, 0.29) is 25.9 Å². The second kappa shape index (κ2) is 6.43. The lowest BCUT2D eigenvalue weighted by Crippen LogP contribution is -2.30. The summed E-state index contributed by atoms with van der Waals surface area (Å²) in [6, 6.07) is 2.38. The van der Waals surface area contributed by atoms with Crippen LogP contribution in [-0.4, -0.2) is 37.4 Å². The molecule has 0 amide bonds. The van der Waals surface area contributed by atoms with Gasteiger partial charge in [-0.2, -0.15) is 0 Å². The van der Waals surface area contributed by atoms with Gasteiger partial charge in [-0.15, -0.1) is 0 Å². The molecule has 5 nitrogen and oxygen atoms in total. The van der Waals surface area contributed by atoms with Crippen LogP contribution in [0.1, 0.15) is 24.2 Å². The maximum absolute atomic E-state index is 12.4. The van der Waals surface area contributed by atoms with Crippen molar-refractivity contribution in [3.63, 3.8) is 0 Å². The Balaban J connectivity index is 3.36. The lowest BCUT2D eigenvalue weighted by atomic mass is 10.2. The van der Waals surface area contributed by atoms with E-state index in [1.165, 1.54) is 17.4 Å². The number of hydrogen-bond donors (Lipinski definition) is 1. The average Bonchev–Trinajstić information content (AvgIpc) is 2.30. The van der Waals surface area contributed by atoms with Crippen LogP contribution in [0.2, 0.25) is 5.02 Å². The Bertz CT molecular complexity index is 631. The fourth-order valence-corrected chi connectivity index (χ4v) is 3.85. The Morgan fingerprint density at radius 1 is 1.45 bits per heavy atom. The highest BCUT2D eigenvalue weighted by Gasteiger charge is 2.25. The molecule has 0 aromatic heterocycles. The van der Waals surface area contributed by atoms with Gasteiger partial charge in [0.2, 0.25) is 10.0 Å². The highest BCUT2D eigenvalue weighted by atomic mass is 79.9. The number of carboxylic acids is 1. The summed E-state index contributed by atoms with van der Waals surface area (Å²) in [4.78, 5) is 11.0. The third-order valence-corrected chi connectivity index (χ3v) is 5.62. The fraction of sp³-hybridized carbons (Fsp3) is 0.417. The Hall–Kier alpha value is -0.630. The van der Waals surface area contributed by atoms with E-state index in [1.54, 1.807) is 0 Å². The van der Waals surface area contributed by atoms with Gasteiger partial charge in [-0.1, -0.05) is 25.4 Å². The lowest BCUT2D eigenvalue weighted by Gasteiger charge is -2.19. The predicted octanol–water partition coefficient (Wildman–Crippen LogP) is 3.08. The molecule has 112 valence electrons. The molecule has 0 fully saturated rings. The molecule has 0 aliphatic carbocycles. The summed E-state index contributed by atoms with van der Waals surface area (Å²) < 4.78 is 26.2. The van der Waals surface area contributed by atoms with Crippen LogP contribution in [0.5, 0.6) is 0 Å². The van der Waals surface area contributed by atoms with Gasteiger partial charge in [0, 0.05) is 18.1 Å². The summed E-state index contributed by atoms with van der Waals surface area (Å²) in [6.45, 7) is 4.13. The molecule has 1 aromatic carbocycles. The molecule has 0 saturated heterocycles. The van der Waals surface area contributed by atoms with E-state index in [4.69, 9.17) is 16.7 Å². The van der Waals surface area contributed by atoms with Crippen molar-refractivity contribution < 1.29 is 18.3 Å². The molecule has 20 heavy (non-hydrogen) atoms. The van der Waals surface area contributed by atoms with Crippen LogP contribution in [-0.2, 0) is 10.0 Å². The van der Waals surface area contributed by atoms with Gasteiger partial charge in [0.1, 0.15) is 0 Å². The molecule has 0 spiro atoms. The van der Waals surface area contributed by atoms with Crippen LogP contribution in [0.25, 0.3) is 0 Å². The maximum Gasteiger partial charge on any atom is 0.337 e. The van der Waals surface area contributed by atoms with E-state index in [1.807, 2.05) is 13.8 Å². The van der Waals surface area contributed by atoms with Gasteiger partial charge >= 0.3 is 5.97 Å². The van der Waals surface area contributed by atoms with Crippen LogP contribution in [0.15, 0.2) is 21.5 Å². The van der Waals surface area contributed by atoms with Crippen LogP contribution < -0.4 is 0 Å². The van der Waals surface area contributed by atoms with Gasteiger partial charge in [-0.25, -0.2) is 17.5 Å². The Labute approximate surface area is 131 Å². The van der Waals surface area contributed by atoms with Crippen molar-refractivity contribution in [2.75, 3.05) is 13.6 Å². The lowest BCUT2D eigenvalue weighted by molar-refractivity contribution is 0.0696. The SMILES string of the molecule is CC(C)CN(C)S(=O)(=O)c1cc(Br)c(Cl)c(C(=O)O)c1. The predicted molar refractivity (Wildman–Crippen MR) is 80.8 cm³/mol. The van der Waals surface area contributed by atoms with Crippen molar-refractivity contribution in [1.29, 1.82) is 0 Å². The van der Waals surface area contributed by atoms with E-state index in [9.17, 15) is 13.2 Å². The molecule has 1 N–H and O–H groups in total. The standard InChI is InChI=1S/C12H15BrClNO4S/c1-7(2)6-15(3)20(18,19)8-4-9(12(16)17)11(14)10(13)5-8/h4-5,7H,6H2,1-3H3,(H,16,17). The summed E-state index contributed by atoms with van der Waals surface area (Å²) >= 11 is 8.92. The molecule has 0 saturated carbocycles. The fourth-order valence-electron chi connectivity index (χ4n) is 1.66. The van der Waals surface area contributed by atoms with Crippen molar-refractivity contribution in [1.82, 2.24) is 4.31 Å². The molecule has 0 radical (unpaired) electrons. The molecular weight excluding hydrogens is 370 g/mol. The zero-order valence-corrected chi connectivity index (χ0v) is 14.4. The second-order valence-electron chi connectivity index (χ2n) is 4.75. The van der Waals surface area contributed by atoms with Crippen LogP contribution >= 0.6 is 27.5 Å². The van der Waals surface area contributed by atoms with E-state index in [2.05, 4.69) is 15.9 Å². The molecule has 0 aliphatic rings. The number of rotatable bonds is 5. The molecule has 1 rings (SSSR count). The number of nitrogens with zero attached hydrogens (tertiary/aromatic N) is 1. The number of hydrogen-bond acceptors (Lipinski definition) is 3. The third kappa shape index (κ3) is 3.72. The van der Waals surface area contributed by atoms with Crippen LogP contribution in [0.3, 0.4) is 0 Å². The number of carbonyl (C=O) groups is 1. The van der Waals surface area contributed by atoms with Crippen molar-refractivity contribution in [3.8, 4) is 0 Å². The zero-order valence-electron chi connectivity index (χ0n) is 11.2. The van der Waals surface area contributed by atoms with Gasteiger partial charge < -0.3 is 5.11 Å². The highest BCUT2D eigenvalue weighted by Crippen LogP contribution is 2.31. The summed E-state index contributed by atoms with van der Waals surface area (Å²) in [7, 11) is -2.29. The third-order valence-electron chi connectivity index (χ3n) is 2.56. The first-order valence-electron chi connectivity index (χ1n) is 5.76. The monoisotopic (exact) mass is 383 g/mol. The molecular formula is C12H15BrClNO4S. The van der Waals surface area contributed by atoms with Gasteiger partial charge in [0.05, 0.1) is 15.5 Å². The van der Waals surface area contributed by atoms with E-state index >= 15 is 0 Å². The van der Waals surface area contributed by atoms with Crippen molar-refractivity contribution in [3.05, 3.63) is 27.2 Å². The first kappa shape index (κ1) is 17.4. The zero-order chi connectivity index (χ0) is 15.7. The molecule has 0 atom stereocenters. The molecule has 1 aromatic rings. The van der Waals surface area contributed by atoms with Gasteiger partial charge in [-0.05, 0) is 34.0 Å². The largest absolute Gasteiger partial charge is 0.478 e. The minimum atomic E-state index is -3.75. The maximum atomic E-state index is 12.4. The minimum absolute atomic E-state index is 0.0250. The smallest absolute Gasteiger partial charge is 0.337 e. The van der Waals surface area contributed by atoms with Crippen LogP contribution in [0, 0.1) is 5.92 Å². The van der Waals surface area contributed by atoms with Gasteiger partial charge in [-0.3, -0.25) is 0 Å². The summed E-state index contributed by atoms with van der Waals surface area (Å²) in [5.74, 6) is -1.12. The summed E-state index contributed by atoms with van der Waals surface area (Å²) in [5.41, 5.74) is -0.252. The topological polar surface area (TPSA) is 74.7 Å². The summed E-state index contributed by atoms with van der Waals surface area (Å²) in [6.07, 6.45) is 0. The molecule has 0 aliphatic heterocycles. The summed E-state index contributed by atoms with van der Waals surface area (Å²) in [5, 5.41) is 9.03. The first-order chi connectivity index (χ1) is 9.07. The van der Waals surface area contributed by atoms with Gasteiger partial charge in [0.25, 0.3) is 0 Å². The first-order valence-corrected chi connectivity index (χ1v) is 8.37. The normalized spacial score (nSPS) is 12.2. The Morgan fingerprint density at radius 3 is 2.45 bits per heavy atom. The van der Waals surface area contributed by atoms with E-state index in [0.717, 1.165) is 6.07 Å². The van der Waals surface area contributed by atoms with E-state index in [0.29, 0.717) is 6.54 Å². The number of aromatic carboxylic acids is 1. The number of benzene rings is 1. The molecule has 0 unspecified atom stereocenters. The Morgan fingerprint density at radius 2 is 2.00 bits per heavy atom. The molecule has 0 heterocycles. The second-order valence-corrected chi connectivity index (χ2v) is 8.03. The van der Waals surface area contributed by atoms with Crippen molar-refractivity contribution in [2.24, 2.45) is 5.92 Å².